The van der Waals surface area contributed by atoms with Crippen LogP contribution in [0.5, 0.6) is 0 Å². The molecule has 2 heterocycles. The minimum Gasteiger partial charge on any atom is -0.381 e. The molecule has 1 aromatic heterocycles. The zero-order valence-corrected chi connectivity index (χ0v) is 12.7. The number of hydrogen-bond donors (Lipinski definition) is 1. The van der Waals surface area contributed by atoms with Crippen molar-refractivity contribution in [2.45, 2.75) is 44.9 Å². The summed E-state index contributed by atoms with van der Waals surface area (Å²) in [6.07, 6.45) is 2.39. The molecule has 0 aromatic carbocycles. The SMILES string of the molecule is CC(C)Cn1c(CN)nnc1SCC[C@@H]1CCOC1. The molecular weight excluding hydrogens is 260 g/mol. The van der Waals surface area contributed by atoms with Crippen LogP contribution in [0, 0.1) is 11.8 Å². The van der Waals surface area contributed by atoms with E-state index in [2.05, 4.69) is 28.6 Å². The van der Waals surface area contributed by atoms with Gasteiger partial charge in [-0.25, -0.2) is 0 Å². The normalized spacial score (nSPS) is 19.5. The fraction of sp³-hybridized carbons (Fsp3) is 0.846. The Morgan fingerprint density at radius 2 is 2.32 bits per heavy atom. The third-order valence-corrected chi connectivity index (χ3v) is 4.31. The zero-order valence-electron chi connectivity index (χ0n) is 11.8. The third-order valence-electron chi connectivity index (χ3n) is 3.31. The number of aromatic nitrogens is 3. The van der Waals surface area contributed by atoms with Crippen LogP contribution < -0.4 is 5.73 Å². The fourth-order valence-corrected chi connectivity index (χ4v) is 3.32. The predicted molar refractivity (Wildman–Crippen MR) is 77.0 cm³/mol. The summed E-state index contributed by atoms with van der Waals surface area (Å²) < 4.78 is 7.57. The summed E-state index contributed by atoms with van der Waals surface area (Å²) in [7, 11) is 0. The summed E-state index contributed by atoms with van der Waals surface area (Å²) in [6.45, 7) is 7.64. The molecule has 1 aliphatic rings. The van der Waals surface area contributed by atoms with Crippen molar-refractivity contribution in [3.05, 3.63) is 5.82 Å². The summed E-state index contributed by atoms with van der Waals surface area (Å²) in [5.74, 6) is 3.27. The lowest BCUT2D eigenvalue weighted by molar-refractivity contribution is 0.185. The number of rotatable bonds is 7. The smallest absolute Gasteiger partial charge is 0.191 e. The van der Waals surface area contributed by atoms with E-state index in [-0.39, 0.29) is 0 Å². The average Bonchev–Trinajstić information content (AvgIpc) is 3.00. The van der Waals surface area contributed by atoms with Crippen LogP contribution in [0.25, 0.3) is 0 Å². The molecule has 1 atom stereocenters. The monoisotopic (exact) mass is 284 g/mol. The van der Waals surface area contributed by atoms with Gasteiger partial charge in [0, 0.05) is 25.5 Å². The second-order valence-corrected chi connectivity index (χ2v) is 6.54. The average molecular weight is 284 g/mol. The minimum atomic E-state index is 0.455. The van der Waals surface area contributed by atoms with Crippen molar-refractivity contribution in [2.24, 2.45) is 17.6 Å². The van der Waals surface area contributed by atoms with E-state index in [0.717, 1.165) is 42.4 Å². The highest BCUT2D eigenvalue weighted by Crippen LogP contribution is 2.24. The summed E-state index contributed by atoms with van der Waals surface area (Å²) in [5, 5.41) is 9.46. The number of thioether (sulfide) groups is 1. The van der Waals surface area contributed by atoms with Crippen LogP contribution in [0.2, 0.25) is 0 Å². The van der Waals surface area contributed by atoms with Crippen LogP contribution in [0.4, 0.5) is 0 Å². The van der Waals surface area contributed by atoms with Crippen molar-refractivity contribution in [3.8, 4) is 0 Å². The lowest BCUT2D eigenvalue weighted by Gasteiger charge is -2.12. The number of hydrogen-bond acceptors (Lipinski definition) is 5. The Balaban J connectivity index is 1.89. The molecule has 108 valence electrons. The molecule has 6 heteroatoms. The van der Waals surface area contributed by atoms with Crippen LogP contribution in [0.15, 0.2) is 5.16 Å². The Hall–Kier alpha value is -0.590. The topological polar surface area (TPSA) is 66.0 Å². The second-order valence-electron chi connectivity index (χ2n) is 5.47. The van der Waals surface area contributed by atoms with Crippen molar-refractivity contribution in [1.82, 2.24) is 14.8 Å². The molecule has 0 saturated carbocycles. The molecule has 1 fully saturated rings. The summed E-state index contributed by atoms with van der Waals surface area (Å²) in [5.41, 5.74) is 5.72. The van der Waals surface area contributed by atoms with Gasteiger partial charge in [-0.3, -0.25) is 0 Å². The van der Waals surface area contributed by atoms with Gasteiger partial charge in [-0.1, -0.05) is 25.6 Å². The minimum absolute atomic E-state index is 0.455. The van der Waals surface area contributed by atoms with Gasteiger partial charge in [0.2, 0.25) is 0 Å². The van der Waals surface area contributed by atoms with Gasteiger partial charge in [0.15, 0.2) is 5.16 Å². The first-order valence-corrected chi connectivity index (χ1v) is 8.02. The van der Waals surface area contributed by atoms with Gasteiger partial charge in [0.05, 0.1) is 6.54 Å². The van der Waals surface area contributed by atoms with E-state index in [9.17, 15) is 0 Å². The first-order chi connectivity index (χ1) is 9.20. The van der Waals surface area contributed by atoms with E-state index >= 15 is 0 Å². The van der Waals surface area contributed by atoms with E-state index in [1.54, 1.807) is 11.8 Å². The van der Waals surface area contributed by atoms with E-state index in [0.29, 0.717) is 12.5 Å². The molecule has 2 rings (SSSR count). The van der Waals surface area contributed by atoms with Gasteiger partial charge >= 0.3 is 0 Å². The number of nitrogens with zero attached hydrogens (tertiary/aromatic N) is 3. The van der Waals surface area contributed by atoms with Gasteiger partial charge < -0.3 is 15.0 Å². The van der Waals surface area contributed by atoms with Crippen LogP contribution in [0.1, 0.15) is 32.5 Å². The first kappa shape index (κ1) is 14.8. The molecule has 0 radical (unpaired) electrons. The lowest BCUT2D eigenvalue weighted by atomic mass is 10.1. The Morgan fingerprint density at radius 1 is 1.47 bits per heavy atom. The molecule has 0 bridgehead atoms. The molecule has 1 aromatic rings. The maximum absolute atomic E-state index is 5.72. The Bertz CT molecular complexity index is 388. The van der Waals surface area contributed by atoms with Gasteiger partial charge in [0.1, 0.15) is 5.82 Å². The van der Waals surface area contributed by atoms with Gasteiger partial charge in [-0.2, -0.15) is 0 Å². The molecule has 1 aliphatic heterocycles. The van der Waals surface area contributed by atoms with E-state index in [1.807, 2.05) is 0 Å². The van der Waals surface area contributed by atoms with Crippen LogP contribution in [-0.4, -0.2) is 33.7 Å². The van der Waals surface area contributed by atoms with E-state index in [1.165, 1.54) is 12.8 Å². The van der Waals surface area contributed by atoms with Crippen LogP contribution in [-0.2, 0) is 17.8 Å². The number of ether oxygens (including phenoxy) is 1. The van der Waals surface area contributed by atoms with Crippen molar-refractivity contribution in [2.75, 3.05) is 19.0 Å². The zero-order chi connectivity index (χ0) is 13.7. The second kappa shape index (κ2) is 7.26. The van der Waals surface area contributed by atoms with Crippen molar-refractivity contribution >= 4 is 11.8 Å². The molecule has 19 heavy (non-hydrogen) atoms. The maximum Gasteiger partial charge on any atom is 0.191 e. The maximum atomic E-state index is 5.72. The highest BCUT2D eigenvalue weighted by molar-refractivity contribution is 7.99. The Kier molecular flexibility index (Phi) is 5.66. The standard InChI is InChI=1S/C13H24N4OS/c1-10(2)8-17-12(7-14)15-16-13(17)19-6-4-11-3-5-18-9-11/h10-11H,3-9,14H2,1-2H3/t11-/m0/s1. The molecule has 2 N–H and O–H groups in total. The first-order valence-electron chi connectivity index (χ1n) is 7.03. The molecule has 5 nitrogen and oxygen atoms in total. The molecule has 0 amide bonds. The quantitative estimate of drug-likeness (QED) is 0.775. The fourth-order valence-electron chi connectivity index (χ4n) is 2.25. The predicted octanol–water partition coefficient (Wildman–Crippen LogP) is 1.91. The highest BCUT2D eigenvalue weighted by atomic mass is 32.2. The van der Waals surface area contributed by atoms with Gasteiger partial charge in [0.25, 0.3) is 0 Å². The third kappa shape index (κ3) is 4.19. The summed E-state index contributed by atoms with van der Waals surface area (Å²) in [4.78, 5) is 0. The molecule has 0 aliphatic carbocycles. The van der Waals surface area contributed by atoms with Gasteiger partial charge in [-0.05, 0) is 24.7 Å². The Morgan fingerprint density at radius 3 is 2.95 bits per heavy atom. The van der Waals surface area contributed by atoms with Crippen LogP contribution in [0.3, 0.4) is 0 Å². The highest BCUT2D eigenvalue weighted by Gasteiger charge is 2.17. The van der Waals surface area contributed by atoms with Crippen molar-refractivity contribution in [3.63, 3.8) is 0 Å². The molecule has 0 spiro atoms. The van der Waals surface area contributed by atoms with Gasteiger partial charge in [-0.15, -0.1) is 10.2 Å². The summed E-state index contributed by atoms with van der Waals surface area (Å²) in [6, 6.07) is 0. The van der Waals surface area contributed by atoms with Crippen molar-refractivity contribution < 1.29 is 4.74 Å². The van der Waals surface area contributed by atoms with E-state index < -0.39 is 0 Å². The largest absolute Gasteiger partial charge is 0.381 e. The van der Waals surface area contributed by atoms with Crippen LogP contribution >= 0.6 is 11.8 Å². The Labute approximate surface area is 119 Å². The van der Waals surface area contributed by atoms with E-state index in [4.69, 9.17) is 10.5 Å². The summed E-state index contributed by atoms with van der Waals surface area (Å²) >= 11 is 1.79. The number of nitrogens with two attached hydrogens (primary N) is 1. The molecule has 1 saturated heterocycles. The molecule has 0 unspecified atom stereocenters. The lowest BCUT2D eigenvalue weighted by Crippen LogP contribution is -2.13. The van der Waals surface area contributed by atoms with Crippen molar-refractivity contribution in [1.29, 1.82) is 0 Å². The molecular formula is C13H24N4OS.